The maximum absolute atomic E-state index is 9.04. The van der Waals surface area contributed by atoms with Gasteiger partial charge in [-0.3, -0.25) is 0 Å². The van der Waals surface area contributed by atoms with E-state index in [0.29, 0.717) is 17.9 Å². The molecular weight excluding hydrogens is 194 g/mol. The highest BCUT2D eigenvalue weighted by Gasteiger charge is 2.16. The summed E-state index contributed by atoms with van der Waals surface area (Å²) in [5.74, 6) is 0.121. The van der Waals surface area contributed by atoms with E-state index in [1.165, 1.54) is 0 Å². The van der Waals surface area contributed by atoms with Crippen LogP contribution in [-0.2, 0) is 0 Å². The zero-order valence-electron chi connectivity index (χ0n) is 5.00. The molecule has 1 nitrogen and oxygen atoms in total. The summed E-state index contributed by atoms with van der Waals surface area (Å²) in [5.41, 5.74) is 0. The minimum absolute atomic E-state index is 0.121. The largest absolute Gasteiger partial charge is 0.511 e. The molecular formula is C6H5Cl3O. The number of halogens is 3. The van der Waals surface area contributed by atoms with Crippen LogP contribution >= 0.6 is 34.8 Å². The summed E-state index contributed by atoms with van der Waals surface area (Å²) in [6.45, 7) is 0. The van der Waals surface area contributed by atoms with Crippen molar-refractivity contribution >= 4 is 34.8 Å². The van der Waals surface area contributed by atoms with Gasteiger partial charge in [-0.1, -0.05) is 34.8 Å². The van der Waals surface area contributed by atoms with Gasteiger partial charge in [0.25, 0.3) is 0 Å². The van der Waals surface area contributed by atoms with Crippen molar-refractivity contribution in [3.8, 4) is 0 Å². The molecule has 0 unspecified atom stereocenters. The Hall–Kier alpha value is 0.150. The average molecular weight is 199 g/mol. The maximum atomic E-state index is 9.04. The Bertz CT molecular complexity index is 193. The first-order valence-electron chi connectivity index (χ1n) is 2.75. The first-order valence-corrected chi connectivity index (χ1v) is 3.88. The first kappa shape index (κ1) is 8.25. The molecule has 0 heterocycles. The normalized spacial score (nSPS) is 20.3. The van der Waals surface area contributed by atoms with E-state index in [1.54, 1.807) is 0 Å². The van der Waals surface area contributed by atoms with Gasteiger partial charge >= 0.3 is 0 Å². The van der Waals surface area contributed by atoms with Crippen LogP contribution in [0.1, 0.15) is 12.8 Å². The molecule has 0 bridgehead atoms. The van der Waals surface area contributed by atoms with Gasteiger partial charge in [0.15, 0.2) is 0 Å². The Morgan fingerprint density at radius 1 is 1.00 bits per heavy atom. The lowest BCUT2D eigenvalue weighted by Gasteiger charge is -2.10. The number of hydrogen-bond donors (Lipinski definition) is 1. The molecule has 0 aromatic carbocycles. The van der Waals surface area contributed by atoms with Crippen LogP contribution in [0.5, 0.6) is 0 Å². The summed E-state index contributed by atoms with van der Waals surface area (Å²) in [6, 6.07) is 0. The Kier molecular flexibility index (Phi) is 2.50. The molecule has 0 aromatic heterocycles. The Morgan fingerprint density at radius 3 is 2.10 bits per heavy atom. The topological polar surface area (TPSA) is 20.2 Å². The molecule has 4 heteroatoms. The van der Waals surface area contributed by atoms with E-state index in [-0.39, 0.29) is 15.8 Å². The molecule has 0 saturated heterocycles. The highest BCUT2D eigenvalue weighted by Crippen LogP contribution is 2.35. The summed E-state index contributed by atoms with van der Waals surface area (Å²) in [4.78, 5) is 0. The lowest BCUT2D eigenvalue weighted by atomic mass is 10.1. The molecule has 0 radical (unpaired) electrons. The second kappa shape index (κ2) is 3.04. The molecule has 0 spiro atoms. The van der Waals surface area contributed by atoms with Crippen LogP contribution in [0.25, 0.3) is 0 Å². The highest BCUT2D eigenvalue weighted by atomic mass is 35.5. The Labute approximate surface area is 73.9 Å². The van der Waals surface area contributed by atoms with Gasteiger partial charge in [0.1, 0.15) is 5.76 Å². The third kappa shape index (κ3) is 1.42. The summed E-state index contributed by atoms with van der Waals surface area (Å²) in [7, 11) is 0. The molecule has 1 aliphatic rings. The van der Waals surface area contributed by atoms with Gasteiger partial charge in [0.05, 0.1) is 10.1 Å². The molecule has 0 atom stereocenters. The van der Waals surface area contributed by atoms with E-state index < -0.39 is 0 Å². The summed E-state index contributed by atoms with van der Waals surface area (Å²) >= 11 is 16.8. The van der Waals surface area contributed by atoms with E-state index in [2.05, 4.69) is 0 Å². The van der Waals surface area contributed by atoms with Gasteiger partial charge in [-0.15, -0.1) is 0 Å². The molecule has 1 rings (SSSR count). The zero-order chi connectivity index (χ0) is 7.72. The van der Waals surface area contributed by atoms with Gasteiger partial charge in [-0.2, -0.15) is 0 Å². The average Bonchev–Trinajstić information content (AvgIpc) is 1.93. The Morgan fingerprint density at radius 2 is 1.60 bits per heavy atom. The predicted molar refractivity (Wildman–Crippen MR) is 43.5 cm³/mol. The number of allylic oxidation sites excluding steroid dienone is 4. The maximum Gasteiger partial charge on any atom is 0.113 e. The van der Waals surface area contributed by atoms with Crippen LogP contribution in [0.2, 0.25) is 0 Å². The lowest BCUT2D eigenvalue weighted by Crippen LogP contribution is -1.95. The number of hydrogen-bond acceptors (Lipinski definition) is 1. The fourth-order valence-electron chi connectivity index (χ4n) is 0.693. The van der Waals surface area contributed by atoms with E-state index in [9.17, 15) is 0 Å². The minimum atomic E-state index is 0.121. The van der Waals surface area contributed by atoms with Crippen LogP contribution in [-0.4, -0.2) is 5.11 Å². The smallest absolute Gasteiger partial charge is 0.113 e. The molecule has 1 aliphatic carbocycles. The second-order valence-electron chi connectivity index (χ2n) is 1.98. The Balaban J connectivity index is 3.01. The fraction of sp³-hybridized carbons (Fsp3) is 0.333. The van der Waals surface area contributed by atoms with Gasteiger partial charge < -0.3 is 5.11 Å². The molecule has 10 heavy (non-hydrogen) atoms. The molecule has 0 fully saturated rings. The van der Waals surface area contributed by atoms with Crippen LogP contribution in [0.4, 0.5) is 0 Å². The number of rotatable bonds is 0. The van der Waals surface area contributed by atoms with Crippen molar-refractivity contribution in [3.63, 3.8) is 0 Å². The minimum Gasteiger partial charge on any atom is -0.511 e. The standard InChI is InChI=1S/C6H5Cl3O/c7-3-1-2-4(10)6(9)5(3)8/h10H,1-2H2. The van der Waals surface area contributed by atoms with Gasteiger partial charge in [-0.25, -0.2) is 0 Å². The van der Waals surface area contributed by atoms with E-state index in [1.807, 2.05) is 0 Å². The summed E-state index contributed by atoms with van der Waals surface area (Å²) in [5, 5.41) is 10.0. The second-order valence-corrected chi connectivity index (χ2v) is 3.19. The van der Waals surface area contributed by atoms with Gasteiger partial charge in [0.2, 0.25) is 0 Å². The molecule has 0 aliphatic heterocycles. The molecule has 0 saturated carbocycles. The van der Waals surface area contributed by atoms with Crippen molar-refractivity contribution in [1.82, 2.24) is 0 Å². The van der Waals surface area contributed by atoms with E-state index in [0.717, 1.165) is 0 Å². The van der Waals surface area contributed by atoms with Gasteiger partial charge in [-0.05, 0) is 6.42 Å². The van der Waals surface area contributed by atoms with Crippen molar-refractivity contribution in [2.24, 2.45) is 0 Å². The molecule has 1 N–H and O–H groups in total. The summed E-state index contributed by atoms with van der Waals surface area (Å²) < 4.78 is 0. The van der Waals surface area contributed by atoms with Gasteiger partial charge in [0, 0.05) is 11.5 Å². The molecule has 56 valence electrons. The molecule has 0 amide bonds. The van der Waals surface area contributed by atoms with Crippen LogP contribution in [0.15, 0.2) is 20.9 Å². The lowest BCUT2D eigenvalue weighted by molar-refractivity contribution is 0.384. The third-order valence-corrected chi connectivity index (χ3v) is 2.66. The van der Waals surface area contributed by atoms with Crippen LogP contribution < -0.4 is 0 Å². The third-order valence-electron chi connectivity index (χ3n) is 1.27. The van der Waals surface area contributed by atoms with Crippen LogP contribution in [0, 0.1) is 0 Å². The van der Waals surface area contributed by atoms with Crippen molar-refractivity contribution in [2.75, 3.05) is 0 Å². The van der Waals surface area contributed by atoms with Crippen molar-refractivity contribution in [2.45, 2.75) is 12.8 Å². The number of aliphatic hydroxyl groups is 1. The molecule has 0 aromatic rings. The predicted octanol–water partition coefficient (Wildman–Crippen LogP) is 3.48. The summed E-state index contributed by atoms with van der Waals surface area (Å²) in [6.07, 6.45) is 1.05. The SMILES string of the molecule is OC1=C(Cl)C(Cl)=C(Cl)CC1. The highest BCUT2D eigenvalue weighted by molar-refractivity contribution is 6.48. The number of aliphatic hydroxyl groups excluding tert-OH is 1. The van der Waals surface area contributed by atoms with Crippen molar-refractivity contribution < 1.29 is 5.11 Å². The zero-order valence-corrected chi connectivity index (χ0v) is 7.26. The monoisotopic (exact) mass is 198 g/mol. The van der Waals surface area contributed by atoms with Crippen molar-refractivity contribution in [1.29, 1.82) is 0 Å². The van der Waals surface area contributed by atoms with E-state index in [4.69, 9.17) is 39.9 Å². The quantitative estimate of drug-likeness (QED) is 0.633. The fourth-order valence-corrected chi connectivity index (χ4v) is 1.34. The van der Waals surface area contributed by atoms with E-state index >= 15 is 0 Å². The first-order chi connectivity index (χ1) is 4.63. The van der Waals surface area contributed by atoms with Crippen molar-refractivity contribution in [3.05, 3.63) is 20.9 Å². The van der Waals surface area contributed by atoms with Crippen LogP contribution in [0.3, 0.4) is 0 Å².